The fourth-order valence-electron chi connectivity index (χ4n) is 2.89. The molecule has 7 nitrogen and oxygen atoms in total. The monoisotopic (exact) mass is 444 g/mol. The van der Waals surface area contributed by atoms with Crippen molar-refractivity contribution in [3.8, 4) is 11.5 Å². The Morgan fingerprint density at radius 1 is 0.935 bits per heavy atom. The lowest BCUT2D eigenvalue weighted by Crippen LogP contribution is -2.24. The number of nitrogens with one attached hydrogen (secondary N) is 2. The number of para-hydroxylation sites is 1. The summed E-state index contributed by atoms with van der Waals surface area (Å²) in [6, 6.07) is 16.5. The predicted octanol–water partition coefficient (Wildman–Crippen LogP) is 3.57. The standard InChI is InChI=1S/C22H21FN2O5S/c1-29-20-10-6-3-7-15(20)14-24-31(27,28)16-11-12-21(30-2)19(13-16)25-22(26)17-8-4-5-9-18(17)23/h3-13,24H,14H2,1-2H3,(H,25,26). The minimum atomic E-state index is -3.93. The topological polar surface area (TPSA) is 93.7 Å². The third kappa shape index (κ3) is 5.19. The quantitative estimate of drug-likeness (QED) is 0.554. The molecule has 0 spiro atoms. The molecule has 0 radical (unpaired) electrons. The predicted molar refractivity (Wildman–Crippen MR) is 114 cm³/mol. The van der Waals surface area contributed by atoms with Crippen LogP contribution in [-0.2, 0) is 16.6 Å². The number of carbonyl (C=O) groups excluding carboxylic acids is 1. The van der Waals surface area contributed by atoms with Crippen molar-refractivity contribution in [3.63, 3.8) is 0 Å². The van der Waals surface area contributed by atoms with Crippen LogP contribution in [0.15, 0.2) is 71.6 Å². The van der Waals surface area contributed by atoms with Crippen LogP contribution in [0.25, 0.3) is 0 Å². The van der Waals surface area contributed by atoms with Gasteiger partial charge in [-0.1, -0.05) is 30.3 Å². The molecule has 0 unspecified atom stereocenters. The second-order valence-corrected chi connectivity index (χ2v) is 8.20. The van der Waals surface area contributed by atoms with Crippen molar-refractivity contribution < 1.29 is 27.1 Å². The molecule has 0 atom stereocenters. The Hall–Kier alpha value is -3.43. The van der Waals surface area contributed by atoms with Crippen molar-refractivity contribution in [2.75, 3.05) is 19.5 Å². The van der Waals surface area contributed by atoms with Crippen molar-refractivity contribution in [1.29, 1.82) is 0 Å². The molecule has 0 saturated heterocycles. The Bertz CT molecular complexity index is 1200. The van der Waals surface area contributed by atoms with Crippen molar-refractivity contribution >= 4 is 21.6 Å². The largest absolute Gasteiger partial charge is 0.496 e. The summed E-state index contributed by atoms with van der Waals surface area (Å²) in [4.78, 5) is 12.4. The van der Waals surface area contributed by atoms with Crippen molar-refractivity contribution in [2.45, 2.75) is 11.4 Å². The van der Waals surface area contributed by atoms with Gasteiger partial charge in [0.2, 0.25) is 10.0 Å². The molecule has 0 aliphatic heterocycles. The Labute approximate surface area is 179 Å². The molecule has 0 bridgehead atoms. The third-order valence-corrected chi connectivity index (χ3v) is 5.89. The highest BCUT2D eigenvalue weighted by Gasteiger charge is 2.19. The average Bonchev–Trinajstić information content (AvgIpc) is 2.78. The first-order valence-corrected chi connectivity index (χ1v) is 10.7. The van der Waals surface area contributed by atoms with Gasteiger partial charge in [-0.05, 0) is 36.4 Å². The molecule has 0 aliphatic rings. The molecule has 0 aliphatic carbocycles. The Balaban J connectivity index is 1.85. The van der Waals surface area contributed by atoms with E-state index in [-0.39, 0.29) is 28.4 Å². The lowest BCUT2D eigenvalue weighted by atomic mass is 10.2. The molecule has 2 N–H and O–H groups in total. The lowest BCUT2D eigenvalue weighted by Gasteiger charge is -2.14. The molecule has 0 heterocycles. The van der Waals surface area contributed by atoms with Crippen LogP contribution < -0.4 is 19.5 Å². The lowest BCUT2D eigenvalue weighted by molar-refractivity contribution is 0.102. The second-order valence-electron chi connectivity index (χ2n) is 6.43. The maximum atomic E-state index is 13.9. The van der Waals surface area contributed by atoms with Gasteiger partial charge >= 0.3 is 0 Å². The summed E-state index contributed by atoms with van der Waals surface area (Å²) in [7, 11) is -1.05. The van der Waals surface area contributed by atoms with E-state index in [2.05, 4.69) is 10.0 Å². The molecule has 3 aromatic rings. The summed E-state index contributed by atoms with van der Waals surface area (Å²) in [5.41, 5.74) is 0.582. The highest BCUT2D eigenvalue weighted by Crippen LogP contribution is 2.28. The van der Waals surface area contributed by atoms with Gasteiger partial charge in [-0.15, -0.1) is 0 Å². The van der Waals surface area contributed by atoms with Gasteiger partial charge in [-0.2, -0.15) is 0 Å². The molecule has 3 aromatic carbocycles. The molecule has 0 fully saturated rings. The van der Waals surface area contributed by atoms with Crippen LogP contribution in [0.5, 0.6) is 11.5 Å². The molecule has 31 heavy (non-hydrogen) atoms. The summed E-state index contributed by atoms with van der Waals surface area (Å²) in [6.07, 6.45) is 0. The summed E-state index contributed by atoms with van der Waals surface area (Å²) in [6.45, 7) is 0.00922. The van der Waals surface area contributed by atoms with E-state index in [0.29, 0.717) is 11.3 Å². The number of halogens is 1. The maximum Gasteiger partial charge on any atom is 0.258 e. The van der Waals surface area contributed by atoms with Gasteiger partial charge in [-0.25, -0.2) is 17.5 Å². The van der Waals surface area contributed by atoms with Crippen LogP contribution in [0.1, 0.15) is 15.9 Å². The van der Waals surface area contributed by atoms with Crippen LogP contribution in [0, 0.1) is 5.82 Å². The van der Waals surface area contributed by atoms with Gasteiger partial charge in [0.05, 0.1) is 30.4 Å². The molecule has 162 valence electrons. The maximum absolute atomic E-state index is 13.9. The van der Waals surface area contributed by atoms with Gasteiger partial charge in [0.25, 0.3) is 5.91 Å². The number of benzene rings is 3. The van der Waals surface area contributed by atoms with E-state index in [1.54, 1.807) is 24.3 Å². The fraction of sp³-hybridized carbons (Fsp3) is 0.136. The SMILES string of the molecule is COc1ccccc1CNS(=O)(=O)c1ccc(OC)c(NC(=O)c2ccccc2F)c1. The normalized spacial score (nSPS) is 11.1. The van der Waals surface area contributed by atoms with E-state index < -0.39 is 21.7 Å². The average molecular weight is 444 g/mol. The molecule has 3 rings (SSSR count). The first kappa shape index (κ1) is 22.3. The van der Waals surface area contributed by atoms with E-state index in [1.165, 1.54) is 50.6 Å². The minimum Gasteiger partial charge on any atom is -0.496 e. The Morgan fingerprint density at radius 3 is 2.32 bits per heavy atom. The van der Waals surface area contributed by atoms with Crippen LogP contribution in [-0.4, -0.2) is 28.5 Å². The van der Waals surface area contributed by atoms with E-state index in [9.17, 15) is 17.6 Å². The first-order chi connectivity index (χ1) is 14.9. The zero-order valence-electron chi connectivity index (χ0n) is 16.9. The number of ether oxygens (including phenoxy) is 2. The number of anilines is 1. The van der Waals surface area contributed by atoms with E-state index in [0.717, 1.165) is 6.07 Å². The van der Waals surface area contributed by atoms with Crippen LogP contribution in [0.2, 0.25) is 0 Å². The number of hydrogen-bond donors (Lipinski definition) is 2. The van der Waals surface area contributed by atoms with E-state index in [1.807, 2.05) is 0 Å². The summed E-state index contributed by atoms with van der Waals surface area (Å²) >= 11 is 0. The number of methoxy groups -OCH3 is 2. The summed E-state index contributed by atoms with van der Waals surface area (Å²) in [5.74, 6) is -0.639. The minimum absolute atomic E-state index is 0.00922. The number of rotatable bonds is 8. The van der Waals surface area contributed by atoms with Crippen molar-refractivity contribution in [1.82, 2.24) is 4.72 Å². The highest BCUT2D eigenvalue weighted by atomic mass is 32.2. The molecule has 0 saturated carbocycles. The molecule has 1 amide bonds. The van der Waals surface area contributed by atoms with Gasteiger partial charge in [0.1, 0.15) is 17.3 Å². The third-order valence-electron chi connectivity index (χ3n) is 4.49. The van der Waals surface area contributed by atoms with E-state index in [4.69, 9.17) is 9.47 Å². The van der Waals surface area contributed by atoms with Gasteiger partial charge in [0, 0.05) is 12.1 Å². The molecular weight excluding hydrogens is 423 g/mol. The summed E-state index contributed by atoms with van der Waals surface area (Å²) < 4.78 is 52.4. The number of carbonyl (C=O) groups is 1. The van der Waals surface area contributed by atoms with Gasteiger partial charge in [0.15, 0.2) is 0 Å². The van der Waals surface area contributed by atoms with Crippen LogP contribution >= 0.6 is 0 Å². The Morgan fingerprint density at radius 2 is 1.61 bits per heavy atom. The number of sulfonamides is 1. The molecular formula is C22H21FN2O5S. The van der Waals surface area contributed by atoms with Crippen LogP contribution in [0.4, 0.5) is 10.1 Å². The molecule has 9 heteroatoms. The fourth-order valence-corrected chi connectivity index (χ4v) is 3.92. The first-order valence-electron chi connectivity index (χ1n) is 9.21. The summed E-state index contributed by atoms with van der Waals surface area (Å²) in [5, 5.41) is 2.51. The van der Waals surface area contributed by atoms with Crippen LogP contribution in [0.3, 0.4) is 0 Å². The zero-order chi connectivity index (χ0) is 22.4. The second kappa shape index (κ2) is 9.59. The smallest absolute Gasteiger partial charge is 0.258 e. The molecule has 0 aromatic heterocycles. The number of hydrogen-bond acceptors (Lipinski definition) is 5. The van der Waals surface area contributed by atoms with Crippen molar-refractivity contribution in [2.24, 2.45) is 0 Å². The van der Waals surface area contributed by atoms with E-state index >= 15 is 0 Å². The number of amides is 1. The van der Waals surface area contributed by atoms with Crippen molar-refractivity contribution in [3.05, 3.63) is 83.7 Å². The highest BCUT2D eigenvalue weighted by molar-refractivity contribution is 7.89. The van der Waals surface area contributed by atoms with Gasteiger partial charge < -0.3 is 14.8 Å². The van der Waals surface area contributed by atoms with Gasteiger partial charge in [-0.3, -0.25) is 4.79 Å². The Kier molecular flexibility index (Phi) is 6.88. The zero-order valence-corrected chi connectivity index (χ0v) is 17.7.